The minimum absolute atomic E-state index is 0.0903. The molecule has 2 aromatic rings. The van der Waals surface area contributed by atoms with E-state index in [0.29, 0.717) is 12.4 Å². The molecule has 5 nitrogen and oxygen atoms in total. The van der Waals surface area contributed by atoms with Crippen LogP contribution in [0.15, 0.2) is 47.6 Å². The first kappa shape index (κ1) is 17.5. The highest BCUT2D eigenvalue weighted by Crippen LogP contribution is 2.16. The molecule has 0 atom stereocenters. The van der Waals surface area contributed by atoms with Gasteiger partial charge in [-0.15, -0.1) is 0 Å². The highest BCUT2D eigenvalue weighted by atomic mass is 16.5. The first-order valence-corrected chi connectivity index (χ1v) is 7.84. The number of nitrogens with one attached hydrogen (secondary N) is 1. The average Bonchev–Trinajstić information content (AvgIpc) is 2.58. The molecule has 0 unspecified atom stereocenters. The van der Waals surface area contributed by atoms with E-state index in [1.54, 1.807) is 6.21 Å². The van der Waals surface area contributed by atoms with Gasteiger partial charge in [0.25, 0.3) is 5.91 Å². The van der Waals surface area contributed by atoms with Crippen molar-refractivity contribution in [3.63, 3.8) is 0 Å². The lowest BCUT2D eigenvalue weighted by atomic mass is 10.1. The maximum atomic E-state index is 11.8. The van der Waals surface area contributed by atoms with Crippen molar-refractivity contribution in [3.8, 4) is 11.5 Å². The van der Waals surface area contributed by atoms with E-state index < -0.39 is 0 Å². The smallest absolute Gasteiger partial charge is 0.277 e. The molecule has 0 aliphatic heterocycles. The molecule has 2 rings (SSSR count). The van der Waals surface area contributed by atoms with E-state index in [2.05, 4.69) is 10.5 Å². The van der Waals surface area contributed by atoms with E-state index in [1.807, 2.05) is 63.2 Å². The Morgan fingerprint density at radius 2 is 1.92 bits per heavy atom. The Morgan fingerprint density at radius 1 is 1.12 bits per heavy atom. The molecule has 0 radical (unpaired) electrons. The summed E-state index contributed by atoms with van der Waals surface area (Å²) in [6.45, 7) is 6.43. The summed E-state index contributed by atoms with van der Waals surface area (Å²) in [5.74, 6) is 1.07. The molecule has 0 aliphatic rings. The number of carbonyl (C=O) groups excluding carboxylic acids is 1. The van der Waals surface area contributed by atoms with Crippen molar-refractivity contribution in [2.24, 2.45) is 5.10 Å². The zero-order valence-corrected chi connectivity index (χ0v) is 14.2. The van der Waals surface area contributed by atoms with Gasteiger partial charge in [0.1, 0.15) is 11.5 Å². The van der Waals surface area contributed by atoms with Crippen LogP contribution in [0.25, 0.3) is 0 Å². The van der Waals surface area contributed by atoms with Gasteiger partial charge in [-0.3, -0.25) is 4.79 Å². The second-order valence-corrected chi connectivity index (χ2v) is 5.30. The topological polar surface area (TPSA) is 59.9 Å². The highest BCUT2D eigenvalue weighted by Gasteiger charge is 2.03. The predicted octanol–water partition coefficient (Wildman–Crippen LogP) is 3.23. The molecule has 1 amide bonds. The van der Waals surface area contributed by atoms with Crippen molar-refractivity contribution >= 4 is 12.1 Å². The van der Waals surface area contributed by atoms with Gasteiger partial charge in [0, 0.05) is 5.56 Å². The van der Waals surface area contributed by atoms with Gasteiger partial charge in [-0.05, 0) is 56.2 Å². The number of benzene rings is 2. The van der Waals surface area contributed by atoms with E-state index in [9.17, 15) is 4.79 Å². The highest BCUT2D eigenvalue weighted by molar-refractivity contribution is 5.85. The molecule has 0 heterocycles. The fourth-order valence-electron chi connectivity index (χ4n) is 2.03. The lowest BCUT2D eigenvalue weighted by Crippen LogP contribution is -2.24. The molecule has 0 spiro atoms. The second-order valence-electron chi connectivity index (χ2n) is 5.30. The number of ether oxygens (including phenoxy) is 2. The van der Waals surface area contributed by atoms with Gasteiger partial charge < -0.3 is 9.47 Å². The number of para-hydroxylation sites is 1. The van der Waals surface area contributed by atoms with Gasteiger partial charge in [0.15, 0.2) is 6.61 Å². The molecule has 126 valence electrons. The Kier molecular flexibility index (Phi) is 6.37. The number of rotatable bonds is 7. The number of hydrogen-bond acceptors (Lipinski definition) is 4. The number of aryl methyl sites for hydroxylation is 2. The van der Waals surface area contributed by atoms with Crippen molar-refractivity contribution in [1.82, 2.24) is 5.43 Å². The Morgan fingerprint density at radius 3 is 2.67 bits per heavy atom. The van der Waals surface area contributed by atoms with E-state index in [4.69, 9.17) is 9.47 Å². The normalized spacial score (nSPS) is 10.6. The van der Waals surface area contributed by atoms with Crippen LogP contribution in [0.3, 0.4) is 0 Å². The third kappa shape index (κ3) is 5.12. The molecule has 0 bridgehead atoms. The fraction of sp³-hybridized carbons (Fsp3) is 0.263. The average molecular weight is 326 g/mol. The van der Waals surface area contributed by atoms with Gasteiger partial charge >= 0.3 is 0 Å². The van der Waals surface area contributed by atoms with E-state index in [-0.39, 0.29) is 12.5 Å². The molecule has 0 saturated heterocycles. The van der Waals surface area contributed by atoms with Crippen LogP contribution in [0.1, 0.15) is 23.6 Å². The van der Waals surface area contributed by atoms with Gasteiger partial charge in [-0.1, -0.05) is 18.2 Å². The van der Waals surface area contributed by atoms with Crippen LogP contribution in [-0.4, -0.2) is 25.3 Å². The Balaban J connectivity index is 1.85. The number of carbonyl (C=O) groups is 1. The third-order valence-corrected chi connectivity index (χ3v) is 3.46. The van der Waals surface area contributed by atoms with Gasteiger partial charge in [-0.2, -0.15) is 5.10 Å². The van der Waals surface area contributed by atoms with Crippen molar-refractivity contribution in [1.29, 1.82) is 0 Å². The maximum absolute atomic E-state index is 11.8. The SMILES string of the molecule is CCOc1ccccc1/C=N/NC(=O)COc1ccc(C)c(C)c1. The summed E-state index contributed by atoms with van der Waals surface area (Å²) in [6.07, 6.45) is 1.55. The zero-order chi connectivity index (χ0) is 17.4. The Bertz CT molecular complexity index is 726. The summed E-state index contributed by atoms with van der Waals surface area (Å²) in [5.41, 5.74) is 5.56. The molecule has 5 heteroatoms. The monoisotopic (exact) mass is 326 g/mol. The Hall–Kier alpha value is -2.82. The molecule has 0 aromatic heterocycles. The van der Waals surface area contributed by atoms with Crippen LogP contribution in [0, 0.1) is 13.8 Å². The van der Waals surface area contributed by atoms with Crippen LogP contribution in [0.4, 0.5) is 0 Å². The van der Waals surface area contributed by atoms with E-state index in [1.165, 1.54) is 5.56 Å². The number of nitrogens with zero attached hydrogens (tertiary/aromatic N) is 1. The fourth-order valence-corrected chi connectivity index (χ4v) is 2.03. The molecular weight excluding hydrogens is 304 g/mol. The van der Waals surface area contributed by atoms with Crippen LogP contribution in [0.2, 0.25) is 0 Å². The lowest BCUT2D eigenvalue weighted by molar-refractivity contribution is -0.123. The summed E-state index contributed by atoms with van der Waals surface area (Å²) in [6, 6.07) is 13.2. The minimum atomic E-state index is -0.321. The number of hydrogen-bond donors (Lipinski definition) is 1. The molecule has 1 N–H and O–H groups in total. The number of amides is 1. The van der Waals surface area contributed by atoms with Gasteiger partial charge in [-0.25, -0.2) is 5.43 Å². The summed E-state index contributed by atoms with van der Waals surface area (Å²) < 4.78 is 11.0. The second kappa shape index (κ2) is 8.72. The summed E-state index contributed by atoms with van der Waals surface area (Å²) in [5, 5.41) is 3.94. The van der Waals surface area contributed by atoms with Crippen molar-refractivity contribution in [2.75, 3.05) is 13.2 Å². The predicted molar refractivity (Wildman–Crippen MR) is 94.8 cm³/mol. The van der Waals surface area contributed by atoms with Crippen LogP contribution >= 0.6 is 0 Å². The zero-order valence-electron chi connectivity index (χ0n) is 14.2. The molecule has 2 aromatic carbocycles. The molecular formula is C19H22N2O3. The molecule has 0 fully saturated rings. The van der Waals surface area contributed by atoms with E-state index >= 15 is 0 Å². The first-order valence-electron chi connectivity index (χ1n) is 7.84. The summed E-state index contributed by atoms with van der Waals surface area (Å²) in [4.78, 5) is 11.8. The van der Waals surface area contributed by atoms with Gasteiger partial charge in [0.05, 0.1) is 12.8 Å². The molecule has 24 heavy (non-hydrogen) atoms. The third-order valence-electron chi connectivity index (χ3n) is 3.46. The molecule has 0 aliphatic carbocycles. The first-order chi connectivity index (χ1) is 11.6. The minimum Gasteiger partial charge on any atom is -0.493 e. The maximum Gasteiger partial charge on any atom is 0.277 e. The Labute approximate surface area is 142 Å². The van der Waals surface area contributed by atoms with E-state index in [0.717, 1.165) is 16.9 Å². The van der Waals surface area contributed by atoms with Crippen LogP contribution < -0.4 is 14.9 Å². The van der Waals surface area contributed by atoms with Crippen LogP contribution in [-0.2, 0) is 4.79 Å². The summed E-state index contributed by atoms with van der Waals surface area (Å²) >= 11 is 0. The van der Waals surface area contributed by atoms with Crippen molar-refractivity contribution in [2.45, 2.75) is 20.8 Å². The standard InChI is InChI=1S/C19H22N2O3/c1-4-23-18-8-6-5-7-16(18)12-20-21-19(22)13-24-17-10-9-14(2)15(3)11-17/h5-12H,4,13H2,1-3H3,(H,21,22)/b20-12+. The van der Waals surface area contributed by atoms with Gasteiger partial charge in [0.2, 0.25) is 0 Å². The summed E-state index contributed by atoms with van der Waals surface area (Å²) in [7, 11) is 0. The number of hydrazone groups is 1. The lowest BCUT2D eigenvalue weighted by Gasteiger charge is -2.07. The van der Waals surface area contributed by atoms with Crippen molar-refractivity contribution in [3.05, 3.63) is 59.2 Å². The molecule has 0 saturated carbocycles. The van der Waals surface area contributed by atoms with Crippen LogP contribution in [0.5, 0.6) is 11.5 Å². The quantitative estimate of drug-likeness (QED) is 0.628. The van der Waals surface area contributed by atoms with Crippen molar-refractivity contribution < 1.29 is 14.3 Å². The largest absolute Gasteiger partial charge is 0.493 e.